The molecule has 0 heterocycles. The van der Waals surface area contributed by atoms with E-state index in [1.807, 2.05) is 0 Å². The fourth-order valence-corrected chi connectivity index (χ4v) is 2.61. The van der Waals surface area contributed by atoms with E-state index in [4.69, 9.17) is 4.74 Å². The summed E-state index contributed by atoms with van der Waals surface area (Å²) in [5, 5.41) is 10.1. The van der Waals surface area contributed by atoms with Gasteiger partial charge in [-0.3, -0.25) is 4.79 Å². The lowest BCUT2D eigenvalue weighted by molar-refractivity contribution is 0.00118. The summed E-state index contributed by atoms with van der Waals surface area (Å²) in [5.41, 5.74) is -0.0771. The van der Waals surface area contributed by atoms with Crippen LogP contribution in [0.4, 0.5) is 0 Å². The van der Waals surface area contributed by atoms with Crippen molar-refractivity contribution in [2.75, 3.05) is 6.61 Å². The molecule has 92 valence electrons. The molecule has 2 rings (SSSR count). The Morgan fingerprint density at radius 3 is 2.71 bits per heavy atom. The molecule has 0 saturated heterocycles. The Morgan fingerprint density at radius 1 is 1.41 bits per heavy atom. The SMILES string of the molecule is O=Cc1ccc(OCC2(O)CCCC2)c(Br)c1. The third-order valence-electron chi connectivity index (χ3n) is 3.12. The predicted molar refractivity (Wildman–Crippen MR) is 68.4 cm³/mol. The van der Waals surface area contributed by atoms with Crippen LogP contribution < -0.4 is 4.74 Å². The van der Waals surface area contributed by atoms with Crippen molar-refractivity contribution in [3.63, 3.8) is 0 Å². The van der Waals surface area contributed by atoms with Gasteiger partial charge in [0.25, 0.3) is 0 Å². The second-order valence-electron chi connectivity index (χ2n) is 4.53. The zero-order valence-electron chi connectivity index (χ0n) is 9.49. The topological polar surface area (TPSA) is 46.5 Å². The monoisotopic (exact) mass is 298 g/mol. The van der Waals surface area contributed by atoms with Crippen LogP contribution in [0.15, 0.2) is 22.7 Å². The molecule has 0 aliphatic heterocycles. The number of hydrogen-bond acceptors (Lipinski definition) is 3. The third-order valence-corrected chi connectivity index (χ3v) is 3.74. The molecule has 1 aliphatic carbocycles. The van der Waals surface area contributed by atoms with Crippen molar-refractivity contribution in [2.45, 2.75) is 31.3 Å². The van der Waals surface area contributed by atoms with Gasteiger partial charge in [0.1, 0.15) is 18.6 Å². The maximum absolute atomic E-state index is 10.6. The molecule has 0 aromatic heterocycles. The summed E-state index contributed by atoms with van der Waals surface area (Å²) < 4.78 is 6.35. The lowest BCUT2D eigenvalue weighted by atomic mass is 10.0. The van der Waals surface area contributed by atoms with Crippen LogP contribution in [-0.4, -0.2) is 23.6 Å². The number of carbonyl (C=O) groups is 1. The Labute approximate surface area is 109 Å². The summed E-state index contributed by atoms with van der Waals surface area (Å²) in [4.78, 5) is 10.6. The molecule has 1 aromatic rings. The van der Waals surface area contributed by atoms with Crippen molar-refractivity contribution >= 4 is 22.2 Å². The van der Waals surface area contributed by atoms with Gasteiger partial charge in [-0.2, -0.15) is 0 Å². The molecule has 0 unspecified atom stereocenters. The number of hydrogen-bond donors (Lipinski definition) is 1. The molecule has 0 atom stereocenters. The minimum Gasteiger partial charge on any atom is -0.489 e. The molecule has 1 saturated carbocycles. The van der Waals surface area contributed by atoms with Crippen LogP contribution in [0.1, 0.15) is 36.0 Å². The van der Waals surface area contributed by atoms with Gasteiger partial charge in [-0.05, 0) is 47.0 Å². The fraction of sp³-hybridized carbons (Fsp3) is 0.462. The van der Waals surface area contributed by atoms with Crippen LogP contribution in [-0.2, 0) is 0 Å². The number of aliphatic hydroxyl groups is 1. The molecule has 4 heteroatoms. The van der Waals surface area contributed by atoms with Gasteiger partial charge in [-0.15, -0.1) is 0 Å². The van der Waals surface area contributed by atoms with Crippen molar-refractivity contribution in [1.29, 1.82) is 0 Å². The van der Waals surface area contributed by atoms with Gasteiger partial charge in [-0.25, -0.2) is 0 Å². The van der Waals surface area contributed by atoms with E-state index in [0.29, 0.717) is 17.9 Å². The number of benzene rings is 1. The maximum atomic E-state index is 10.6. The highest BCUT2D eigenvalue weighted by Crippen LogP contribution is 2.32. The first-order chi connectivity index (χ1) is 8.13. The average Bonchev–Trinajstić information content (AvgIpc) is 2.75. The van der Waals surface area contributed by atoms with E-state index in [1.165, 1.54) is 0 Å². The Balaban J connectivity index is 2.01. The van der Waals surface area contributed by atoms with E-state index in [0.717, 1.165) is 36.4 Å². The van der Waals surface area contributed by atoms with Gasteiger partial charge in [0.2, 0.25) is 0 Å². The zero-order chi connectivity index (χ0) is 12.3. The molecule has 0 bridgehead atoms. The first-order valence-electron chi connectivity index (χ1n) is 5.73. The van der Waals surface area contributed by atoms with E-state index < -0.39 is 5.60 Å². The van der Waals surface area contributed by atoms with Crippen LogP contribution in [0, 0.1) is 0 Å². The van der Waals surface area contributed by atoms with Crippen molar-refractivity contribution in [3.05, 3.63) is 28.2 Å². The average molecular weight is 299 g/mol. The lowest BCUT2D eigenvalue weighted by Gasteiger charge is -2.22. The molecule has 1 aromatic carbocycles. The number of rotatable bonds is 4. The number of ether oxygens (including phenoxy) is 1. The van der Waals surface area contributed by atoms with Gasteiger partial charge < -0.3 is 9.84 Å². The van der Waals surface area contributed by atoms with Gasteiger partial charge in [0, 0.05) is 5.56 Å². The van der Waals surface area contributed by atoms with Crippen molar-refractivity contribution < 1.29 is 14.6 Å². The summed E-state index contributed by atoms with van der Waals surface area (Å²) in [6, 6.07) is 5.15. The quantitative estimate of drug-likeness (QED) is 0.870. The lowest BCUT2D eigenvalue weighted by Crippen LogP contribution is -2.32. The number of carbonyl (C=O) groups excluding carboxylic acids is 1. The number of halogens is 1. The molecular weight excluding hydrogens is 284 g/mol. The summed E-state index contributed by atoms with van der Waals surface area (Å²) in [6.07, 6.45) is 4.52. The largest absolute Gasteiger partial charge is 0.489 e. The van der Waals surface area contributed by atoms with E-state index in [1.54, 1.807) is 18.2 Å². The maximum Gasteiger partial charge on any atom is 0.150 e. The summed E-state index contributed by atoms with van der Waals surface area (Å²) in [7, 11) is 0. The highest BCUT2D eigenvalue weighted by molar-refractivity contribution is 9.10. The minimum absolute atomic E-state index is 0.312. The molecule has 17 heavy (non-hydrogen) atoms. The Bertz CT molecular complexity index is 411. The molecule has 1 N–H and O–H groups in total. The Hall–Kier alpha value is -0.870. The summed E-state index contributed by atoms with van der Waals surface area (Å²) in [5.74, 6) is 0.663. The second-order valence-corrected chi connectivity index (χ2v) is 5.38. The highest BCUT2D eigenvalue weighted by atomic mass is 79.9. The van der Waals surface area contributed by atoms with Crippen LogP contribution >= 0.6 is 15.9 Å². The molecule has 1 fully saturated rings. The van der Waals surface area contributed by atoms with E-state index in [9.17, 15) is 9.90 Å². The molecule has 0 spiro atoms. The summed E-state index contributed by atoms with van der Waals surface area (Å²) >= 11 is 3.35. The van der Waals surface area contributed by atoms with E-state index in [2.05, 4.69) is 15.9 Å². The molecule has 3 nitrogen and oxygen atoms in total. The summed E-state index contributed by atoms with van der Waals surface area (Å²) in [6.45, 7) is 0.312. The Morgan fingerprint density at radius 2 is 2.12 bits per heavy atom. The zero-order valence-corrected chi connectivity index (χ0v) is 11.1. The van der Waals surface area contributed by atoms with Crippen molar-refractivity contribution in [1.82, 2.24) is 0 Å². The fourth-order valence-electron chi connectivity index (χ4n) is 2.10. The first kappa shape index (κ1) is 12.6. The minimum atomic E-state index is -0.678. The van der Waals surface area contributed by atoms with E-state index in [-0.39, 0.29) is 0 Å². The van der Waals surface area contributed by atoms with Crippen molar-refractivity contribution in [2.24, 2.45) is 0 Å². The smallest absolute Gasteiger partial charge is 0.150 e. The number of aldehydes is 1. The standard InChI is InChI=1S/C13H15BrO3/c14-11-7-10(8-15)3-4-12(11)17-9-13(16)5-1-2-6-13/h3-4,7-8,16H,1-2,5-6,9H2. The third kappa shape index (κ3) is 3.07. The highest BCUT2D eigenvalue weighted by Gasteiger charge is 2.32. The first-order valence-corrected chi connectivity index (χ1v) is 6.52. The normalized spacial score (nSPS) is 18.0. The molecule has 1 aliphatic rings. The molecule has 0 radical (unpaired) electrons. The van der Waals surface area contributed by atoms with Crippen LogP contribution in [0.3, 0.4) is 0 Å². The van der Waals surface area contributed by atoms with Gasteiger partial charge >= 0.3 is 0 Å². The van der Waals surface area contributed by atoms with Gasteiger partial charge in [-0.1, -0.05) is 12.8 Å². The van der Waals surface area contributed by atoms with Crippen LogP contribution in [0.25, 0.3) is 0 Å². The van der Waals surface area contributed by atoms with Crippen LogP contribution in [0.2, 0.25) is 0 Å². The van der Waals surface area contributed by atoms with Crippen LogP contribution in [0.5, 0.6) is 5.75 Å². The van der Waals surface area contributed by atoms with Crippen molar-refractivity contribution in [3.8, 4) is 5.75 Å². The predicted octanol–water partition coefficient (Wildman–Crippen LogP) is 2.95. The van der Waals surface area contributed by atoms with Gasteiger partial charge in [0.15, 0.2) is 0 Å². The van der Waals surface area contributed by atoms with E-state index >= 15 is 0 Å². The molecule has 0 amide bonds. The molecular formula is C13H15BrO3. The Kier molecular flexibility index (Phi) is 3.84. The van der Waals surface area contributed by atoms with Gasteiger partial charge in [0.05, 0.1) is 10.1 Å². The second kappa shape index (κ2) is 5.19.